The van der Waals surface area contributed by atoms with Crippen LogP contribution in [-0.4, -0.2) is 60.7 Å². The van der Waals surface area contributed by atoms with Gasteiger partial charge < -0.3 is 19.7 Å². The molecule has 1 aliphatic rings. The van der Waals surface area contributed by atoms with E-state index in [1.807, 2.05) is 39.1 Å². The Labute approximate surface area is 220 Å². The molecule has 11 heteroatoms. The molecule has 1 aromatic carbocycles. The molecule has 0 bridgehead atoms. The van der Waals surface area contributed by atoms with Gasteiger partial charge in [0, 0.05) is 52.1 Å². The molecule has 1 amide bonds. The van der Waals surface area contributed by atoms with Crippen molar-refractivity contribution in [3.8, 4) is 11.1 Å². The number of nitro groups is 1. The Balaban J connectivity index is 1.58. The van der Waals surface area contributed by atoms with Gasteiger partial charge in [0.05, 0.1) is 11.1 Å². The van der Waals surface area contributed by atoms with Gasteiger partial charge >= 0.3 is 6.09 Å². The third-order valence-corrected chi connectivity index (χ3v) is 7.95. The standard InChI is InChI=1S/C26H41N5O5Si/c1-26(2,3)36-25(32)27-16-20-9-11-29(12-10-20)23-8-7-21(15-24(23)31(33)34)22-17-28-30(18-22)19-35-13-14-37(4,5)6/h7-8,15,17-18,20H,9-14,16,19H2,1-6H3,(H,27,32). The molecule has 1 fully saturated rings. The number of ether oxygens (including phenoxy) is 2. The number of benzene rings is 1. The highest BCUT2D eigenvalue weighted by Crippen LogP contribution is 2.35. The third-order valence-electron chi connectivity index (χ3n) is 6.25. The van der Waals surface area contributed by atoms with Crippen LogP contribution in [0.15, 0.2) is 30.6 Å². The molecule has 1 saturated heterocycles. The zero-order chi connectivity index (χ0) is 27.2. The summed E-state index contributed by atoms with van der Waals surface area (Å²) in [6.45, 7) is 15.4. The summed E-state index contributed by atoms with van der Waals surface area (Å²) in [5, 5.41) is 19.1. The smallest absolute Gasteiger partial charge is 0.407 e. The van der Waals surface area contributed by atoms with Crippen LogP contribution < -0.4 is 10.2 Å². The summed E-state index contributed by atoms with van der Waals surface area (Å²) in [6.07, 6.45) is 4.82. The number of hydrogen-bond acceptors (Lipinski definition) is 7. The molecule has 0 aliphatic carbocycles. The Bertz CT molecular complexity index is 1070. The highest BCUT2D eigenvalue weighted by molar-refractivity contribution is 6.76. The molecular formula is C26H41N5O5Si. The highest BCUT2D eigenvalue weighted by atomic mass is 28.3. The van der Waals surface area contributed by atoms with E-state index in [0.717, 1.165) is 30.0 Å². The van der Waals surface area contributed by atoms with E-state index in [1.54, 1.807) is 16.9 Å². The minimum Gasteiger partial charge on any atom is -0.444 e. The normalized spacial score (nSPS) is 15.0. The first-order chi connectivity index (χ1) is 17.3. The number of carbonyl (C=O) groups is 1. The molecule has 0 spiro atoms. The van der Waals surface area contributed by atoms with Gasteiger partial charge in [0.25, 0.3) is 5.69 Å². The number of piperidine rings is 1. The summed E-state index contributed by atoms with van der Waals surface area (Å²) < 4.78 is 12.8. The first-order valence-electron chi connectivity index (χ1n) is 12.9. The lowest BCUT2D eigenvalue weighted by atomic mass is 9.96. The molecule has 1 aliphatic heterocycles. The number of amides is 1. The highest BCUT2D eigenvalue weighted by Gasteiger charge is 2.26. The van der Waals surface area contributed by atoms with Crippen LogP contribution >= 0.6 is 0 Å². The van der Waals surface area contributed by atoms with Crippen molar-refractivity contribution in [2.45, 2.75) is 71.6 Å². The minimum absolute atomic E-state index is 0.0852. The van der Waals surface area contributed by atoms with Crippen LogP contribution in [0.3, 0.4) is 0 Å². The van der Waals surface area contributed by atoms with E-state index in [4.69, 9.17) is 9.47 Å². The van der Waals surface area contributed by atoms with Gasteiger partial charge in [0.15, 0.2) is 0 Å². The quantitative estimate of drug-likeness (QED) is 0.186. The number of nitrogens with one attached hydrogen (secondary N) is 1. The Morgan fingerprint density at radius 1 is 1.22 bits per heavy atom. The van der Waals surface area contributed by atoms with Crippen molar-refractivity contribution < 1.29 is 19.2 Å². The van der Waals surface area contributed by atoms with Crippen molar-refractivity contribution >= 4 is 25.5 Å². The molecule has 0 atom stereocenters. The van der Waals surface area contributed by atoms with Gasteiger partial charge in [-0.05, 0) is 57.2 Å². The molecule has 3 rings (SSSR count). The number of rotatable bonds is 10. The second-order valence-corrected chi connectivity index (χ2v) is 17.5. The van der Waals surface area contributed by atoms with Crippen LogP contribution in [0.1, 0.15) is 33.6 Å². The molecular weight excluding hydrogens is 490 g/mol. The summed E-state index contributed by atoms with van der Waals surface area (Å²) >= 11 is 0. The van der Waals surface area contributed by atoms with Crippen molar-refractivity contribution in [3.05, 3.63) is 40.7 Å². The van der Waals surface area contributed by atoms with Crippen molar-refractivity contribution in [1.82, 2.24) is 15.1 Å². The first-order valence-corrected chi connectivity index (χ1v) is 16.6. The van der Waals surface area contributed by atoms with Crippen LogP contribution in [0.25, 0.3) is 11.1 Å². The Morgan fingerprint density at radius 3 is 2.54 bits per heavy atom. The molecule has 204 valence electrons. The van der Waals surface area contributed by atoms with Crippen molar-refractivity contribution in [2.75, 3.05) is 31.1 Å². The maximum atomic E-state index is 11.9. The third kappa shape index (κ3) is 9.15. The summed E-state index contributed by atoms with van der Waals surface area (Å²) in [5.41, 5.74) is 1.74. The second-order valence-electron chi connectivity index (χ2n) is 11.9. The predicted molar refractivity (Wildman–Crippen MR) is 148 cm³/mol. The lowest BCUT2D eigenvalue weighted by molar-refractivity contribution is -0.384. The average Bonchev–Trinajstić information content (AvgIpc) is 3.28. The van der Waals surface area contributed by atoms with Gasteiger partial charge in [-0.3, -0.25) is 10.1 Å². The van der Waals surface area contributed by atoms with E-state index in [1.165, 1.54) is 0 Å². The number of nitrogens with zero attached hydrogens (tertiary/aromatic N) is 4. The van der Waals surface area contributed by atoms with Crippen molar-refractivity contribution in [3.63, 3.8) is 0 Å². The fourth-order valence-electron chi connectivity index (χ4n) is 4.16. The Hall–Kier alpha value is -2.92. The maximum Gasteiger partial charge on any atom is 0.407 e. The molecule has 1 N–H and O–H groups in total. The molecule has 2 aromatic rings. The van der Waals surface area contributed by atoms with E-state index in [0.29, 0.717) is 44.6 Å². The molecule has 2 heterocycles. The second kappa shape index (κ2) is 12.1. The molecule has 10 nitrogen and oxygen atoms in total. The van der Waals surface area contributed by atoms with Crippen LogP contribution in [0, 0.1) is 16.0 Å². The van der Waals surface area contributed by atoms with Gasteiger partial charge in [-0.15, -0.1) is 0 Å². The molecule has 1 aromatic heterocycles. The largest absolute Gasteiger partial charge is 0.444 e. The van der Waals surface area contributed by atoms with Gasteiger partial charge in [-0.2, -0.15) is 5.10 Å². The summed E-state index contributed by atoms with van der Waals surface area (Å²) in [7, 11) is -1.14. The fourth-order valence-corrected chi connectivity index (χ4v) is 4.91. The average molecular weight is 532 g/mol. The summed E-state index contributed by atoms with van der Waals surface area (Å²) in [4.78, 5) is 25.6. The minimum atomic E-state index is -1.14. The van der Waals surface area contributed by atoms with E-state index >= 15 is 0 Å². The van der Waals surface area contributed by atoms with Crippen LogP contribution in [-0.2, 0) is 16.2 Å². The van der Waals surface area contributed by atoms with Gasteiger partial charge in [-0.1, -0.05) is 25.7 Å². The van der Waals surface area contributed by atoms with Gasteiger partial charge in [0.2, 0.25) is 0 Å². The Kier molecular flexibility index (Phi) is 9.35. The van der Waals surface area contributed by atoms with Crippen LogP contribution in [0.5, 0.6) is 0 Å². The number of hydrogen-bond donors (Lipinski definition) is 1. The number of alkyl carbamates (subject to hydrolysis) is 1. The molecule has 0 saturated carbocycles. The SMILES string of the molecule is CC(C)(C)OC(=O)NCC1CCN(c2ccc(-c3cnn(COCC[Si](C)(C)C)c3)cc2[N+](=O)[O-])CC1. The monoisotopic (exact) mass is 531 g/mol. The maximum absolute atomic E-state index is 11.9. The Morgan fingerprint density at radius 2 is 1.92 bits per heavy atom. The summed E-state index contributed by atoms with van der Waals surface area (Å²) in [6, 6.07) is 6.45. The lowest BCUT2D eigenvalue weighted by Gasteiger charge is -2.33. The number of carbonyl (C=O) groups excluding carboxylic acids is 1. The fraction of sp³-hybridized carbons (Fsp3) is 0.615. The summed E-state index contributed by atoms with van der Waals surface area (Å²) in [5.74, 6) is 0.306. The van der Waals surface area contributed by atoms with Crippen LogP contribution in [0.2, 0.25) is 25.7 Å². The van der Waals surface area contributed by atoms with Gasteiger partial charge in [0.1, 0.15) is 18.0 Å². The zero-order valence-corrected chi connectivity index (χ0v) is 24.0. The molecule has 0 radical (unpaired) electrons. The van der Waals surface area contributed by atoms with Gasteiger partial charge in [-0.25, -0.2) is 9.48 Å². The van der Waals surface area contributed by atoms with Crippen molar-refractivity contribution in [1.29, 1.82) is 0 Å². The number of aromatic nitrogens is 2. The first kappa shape index (κ1) is 28.6. The molecule has 0 unspecified atom stereocenters. The number of anilines is 1. The van der Waals surface area contributed by atoms with Crippen LogP contribution in [0.4, 0.5) is 16.2 Å². The zero-order valence-electron chi connectivity index (χ0n) is 23.0. The van der Waals surface area contributed by atoms with E-state index in [2.05, 4.69) is 35.0 Å². The van der Waals surface area contributed by atoms with Crippen molar-refractivity contribution in [2.24, 2.45) is 5.92 Å². The lowest BCUT2D eigenvalue weighted by Crippen LogP contribution is -2.40. The molecule has 37 heavy (non-hydrogen) atoms. The number of nitro benzene ring substituents is 1. The van der Waals surface area contributed by atoms with E-state index < -0.39 is 19.8 Å². The van der Waals surface area contributed by atoms with E-state index in [-0.39, 0.29) is 10.6 Å². The predicted octanol–water partition coefficient (Wildman–Crippen LogP) is 5.51. The van der Waals surface area contributed by atoms with E-state index in [9.17, 15) is 14.9 Å². The topological polar surface area (TPSA) is 112 Å².